The second kappa shape index (κ2) is 10.2. The fraction of sp³-hybridized carbons (Fsp3) is 0.577. The third kappa shape index (κ3) is 5.64. The zero-order valence-electron chi connectivity index (χ0n) is 19.4. The average Bonchev–Trinajstić information content (AvgIpc) is 2.98. The van der Waals surface area contributed by atoms with Gasteiger partial charge in [0.1, 0.15) is 0 Å². The monoisotopic (exact) mass is 448 g/mol. The number of aryl methyl sites for hydroxylation is 1. The van der Waals surface area contributed by atoms with Crippen LogP contribution in [0.3, 0.4) is 0 Å². The zero-order chi connectivity index (χ0) is 23.4. The summed E-state index contributed by atoms with van der Waals surface area (Å²) in [6.07, 6.45) is 3.91. The number of hydrazine groups is 1. The normalized spacial score (nSPS) is 17.6. The molecule has 1 N–H and O–H groups in total. The Morgan fingerprint density at radius 1 is 1.00 bits per heavy atom. The molecule has 1 saturated heterocycles. The van der Waals surface area contributed by atoms with Crippen LogP contribution in [0.5, 0.6) is 0 Å². The molecule has 32 heavy (non-hydrogen) atoms. The van der Waals surface area contributed by atoms with Gasteiger partial charge in [0.2, 0.25) is 5.91 Å². The summed E-state index contributed by atoms with van der Waals surface area (Å²) in [4.78, 5) is 12.0. The predicted molar refractivity (Wildman–Crippen MR) is 123 cm³/mol. The van der Waals surface area contributed by atoms with Gasteiger partial charge in [-0.3, -0.25) is 10.2 Å². The van der Waals surface area contributed by atoms with Crippen molar-refractivity contribution in [1.82, 2.24) is 10.4 Å². The molecule has 1 aliphatic heterocycles. The number of unbranched alkanes of at least 4 members (excludes halogenated alkanes) is 6. The maximum Gasteiger partial charge on any atom is 0.409 e. The highest BCUT2D eigenvalue weighted by Crippen LogP contribution is 2.45. The van der Waals surface area contributed by atoms with Crippen LogP contribution in [0.1, 0.15) is 89.3 Å². The van der Waals surface area contributed by atoms with Crippen molar-refractivity contribution >= 4 is 16.7 Å². The minimum absolute atomic E-state index is 0.0419. The Bertz CT molecular complexity index is 923. The van der Waals surface area contributed by atoms with Gasteiger partial charge in [0.25, 0.3) is 0 Å². The lowest BCUT2D eigenvalue weighted by molar-refractivity contribution is -0.204. The molecule has 0 spiro atoms. The molecule has 176 valence electrons. The molecule has 0 bridgehead atoms. The molecule has 2 aromatic carbocycles. The van der Waals surface area contributed by atoms with Crippen molar-refractivity contribution in [3.63, 3.8) is 0 Å². The van der Waals surface area contributed by atoms with Crippen LogP contribution in [-0.4, -0.2) is 22.6 Å². The quantitative estimate of drug-likeness (QED) is 0.388. The van der Waals surface area contributed by atoms with E-state index >= 15 is 0 Å². The number of nitrogens with one attached hydrogen (secondary N) is 1. The van der Waals surface area contributed by atoms with E-state index in [9.17, 15) is 18.0 Å². The van der Waals surface area contributed by atoms with E-state index in [1.807, 2.05) is 24.3 Å². The van der Waals surface area contributed by atoms with Gasteiger partial charge in [-0.15, -0.1) is 0 Å². The maximum atomic E-state index is 14.5. The molecule has 3 nitrogen and oxygen atoms in total. The SMILES string of the molecule is CCCCCCCCCc1c([C@H](N2NC(=O)CC2(C)C)C(F)(F)F)ccc2ccccc12. The number of amides is 1. The first-order valence-electron chi connectivity index (χ1n) is 11.8. The van der Waals surface area contributed by atoms with Gasteiger partial charge in [-0.05, 0) is 48.6 Å². The second-order valence-corrected chi connectivity index (χ2v) is 9.56. The highest BCUT2D eigenvalue weighted by molar-refractivity contribution is 5.87. The van der Waals surface area contributed by atoms with Crippen LogP contribution in [0.15, 0.2) is 36.4 Å². The Kier molecular flexibility index (Phi) is 7.86. The van der Waals surface area contributed by atoms with Crippen LogP contribution in [0, 0.1) is 0 Å². The fourth-order valence-corrected chi connectivity index (χ4v) is 4.83. The summed E-state index contributed by atoms with van der Waals surface area (Å²) in [6.45, 7) is 5.55. The van der Waals surface area contributed by atoms with E-state index in [2.05, 4.69) is 12.3 Å². The second-order valence-electron chi connectivity index (χ2n) is 9.56. The van der Waals surface area contributed by atoms with Crippen molar-refractivity contribution in [2.24, 2.45) is 0 Å². The van der Waals surface area contributed by atoms with Gasteiger partial charge in [-0.1, -0.05) is 81.8 Å². The number of hydrogen-bond donors (Lipinski definition) is 1. The summed E-state index contributed by atoms with van der Waals surface area (Å²) in [5.74, 6) is -0.376. The Morgan fingerprint density at radius 2 is 1.66 bits per heavy atom. The first kappa shape index (κ1) is 24.6. The smallest absolute Gasteiger partial charge is 0.287 e. The van der Waals surface area contributed by atoms with Crippen molar-refractivity contribution in [3.8, 4) is 0 Å². The predicted octanol–water partition coefficient (Wildman–Crippen LogP) is 7.25. The van der Waals surface area contributed by atoms with Gasteiger partial charge >= 0.3 is 6.18 Å². The fourth-order valence-electron chi connectivity index (χ4n) is 4.83. The molecule has 1 amide bonds. The van der Waals surface area contributed by atoms with E-state index < -0.39 is 17.8 Å². The van der Waals surface area contributed by atoms with Gasteiger partial charge in [-0.25, -0.2) is 0 Å². The summed E-state index contributed by atoms with van der Waals surface area (Å²) in [5.41, 5.74) is 2.56. The number of halogens is 3. The topological polar surface area (TPSA) is 32.3 Å². The van der Waals surface area contributed by atoms with E-state index in [0.29, 0.717) is 6.42 Å². The molecule has 1 fully saturated rings. The van der Waals surface area contributed by atoms with Crippen molar-refractivity contribution < 1.29 is 18.0 Å². The van der Waals surface area contributed by atoms with Crippen LogP contribution < -0.4 is 5.43 Å². The van der Waals surface area contributed by atoms with Crippen LogP contribution in [0.4, 0.5) is 13.2 Å². The number of fused-ring (bicyclic) bond motifs is 1. The Morgan fingerprint density at radius 3 is 2.28 bits per heavy atom. The molecule has 0 unspecified atom stereocenters. The zero-order valence-corrected chi connectivity index (χ0v) is 19.4. The summed E-state index contributed by atoms with van der Waals surface area (Å²) in [7, 11) is 0. The van der Waals surface area contributed by atoms with Gasteiger partial charge < -0.3 is 0 Å². The van der Waals surface area contributed by atoms with Crippen molar-refractivity contribution in [1.29, 1.82) is 0 Å². The third-order valence-corrected chi connectivity index (χ3v) is 6.46. The van der Waals surface area contributed by atoms with Crippen LogP contribution in [0.2, 0.25) is 0 Å². The molecule has 0 aromatic heterocycles. The molecule has 1 aliphatic rings. The number of carbonyl (C=O) groups is 1. The van der Waals surface area contributed by atoms with Crippen LogP contribution >= 0.6 is 0 Å². The largest absolute Gasteiger partial charge is 0.409 e. The lowest BCUT2D eigenvalue weighted by atomic mass is 9.88. The number of rotatable bonds is 10. The Balaban J connectivity index is 1.94. The van der Waals surface area contributed by atoms with Crippen LogP contribution in [0.25, 0.3) is 10.8 Å². The molecule has 2 aromatic rings. The molecule has 3 rings (SSSR count). The minimum atomic E-state index is -4.52. The number of carbonyl (C=O) groups excluding carboxylic acids is 1. The first-order valence-corrected chi connectivity index (χ1v) is 11.8. The van der Waals surface area contributed by atoms with E-state index in [1.54, 1.807) is 26.0 Å². The van der Waals surface area contributed by atoms with Crippen molar-refractivity contribution in [2.75, 3.05) is 0 Å². The lowest BCUT2D eigenvalue weighted by Crippen LogP contribution is -2.51. The third-order valence-electron chi connectivity index (χ3n) is 6.46. The molecule has 1 heterocycles. The van der Waals surface area contributed by atoms with Gasteiger partial charge in [-0.2, -0.15) is 18.2 Å². The van der Waals surface area contributed by atoms with Crippen molar-refractivity contribution in [3.05, 3.63) is 47.5 Å². The summed E-state index contributed by atoms with van der Waals surface area (Å²) in [5, 5.41) is 2.93. The van der Waals surface area contributed by atoms with E-state index in [1.165, 1.54) is 25.7 Å². The number of hydrogen-bond acceptors (Lipinski definition) is 2. The number of benzene rings is 2. The molecular weight excluding hydrogens is 413 g/mol. The molecule has 6 heteroatoms. The number of alkyl halides is 3. The standard InChI is InChI=1S/C26H35F3N2O/c1-4-5-6-7-8-9-10-15-21-20-14-12-11-13-19(20)16-17-22(21)24(26(27,28)29)31-25(2,3)18-23(32)30-31/h11-14,16-17,24H,4-10,15,18H2,1-3H3,(H,30,32)/t24-/m0/s1. The van der Waals surface area contributed by atoms with Gasteiger partial charge in [0.05, 0.1) is 0 Å². The summed E-state index contributed by atoms with van der Waals surface area (Å²) >= 11 is 0. The Hall–Kier alpha value is -2.08. The maximum absolute atomic E-state index is 14.5. The highest BCUT2D eigenvalue weighted by Gasteiger charge is 2.53. The minimum Gasteiger partial charge on any atom is -0.287 e. The van der Waals surface area contributed by atoms with E-state index in [-0.39, 0.29) is 17.9 Å². The molecule has 0 saturated carbocycles. The first-order chi connectivity index (χ1) is 15.1. The lowest BCUT2D eigenvalue weighted by Gasteiger charge is -2.39. The summed E-state index contributed by atoms with van der Waals surface area (Å²) < 4.78 is 43.4. The van der Waals surface area contributed by atoms with E-state index in [4.69, 9.17) is 0 Å². The molecule has 1 atom stereocenters. The Labute approximate surface area is 189 Å². The van der Waals surface area contributed by atoms with Gasteiger partial charge in [0.15, 0.2) is 6.04 Å². The molecular formula is C26H35F3N2O. The van der Waals surface area contributed by atoms with E-state index in [0.717, 1.165) is 40.6 Å². The molecule has 0 aliphatic carbocycles. The van der Waals surface area contributed by atoms with Gasteiger partial charge in [0, 0.05) is 12.0 Å². The average molecular weight is 449 g/mol. The van der Waals surface area contributed by atoms with Crippen molar-refractivity contribution in [2.45, 2.75) is 96.3 Å². The highest BCUT2D eigenvalue weighted by atomic mass is 19.4. The number of nitrogens with zero attached hydrogens (tertiary/aromatic N) is 1. The summed E-state index contributed by atoms with van der Waals surface area (Å²) in [6, 6.07) is 9.14. The van der Waals surface area contributed by atoms with Crippen LogP contribution in [-0.2, 0) is 11.2 Å². The molecule has 0 radical (unpaired) electrons.